The van der Waals surface area contributed by atoms with Gasteiger partial charge in [-0.15, -0.1) is 11.8 Å². The predicted octanol–water partition coefficient (Wildman–Crippen LogP) is 4.05. The molecule has 0 aromatic heterocycles. The maximum Gasteiger partial charge on any atom is 0.0107 e. The van der Waals surface area contributed by atoms with Crippen molar-refractivity contribution >= 4 is 11.8 Å². The van der Waals surface area contributed by atoms with Gasteiger partial charge in [-0.2, -0.15) is 0 Å². The highest BCUT2D eigenvalue weighted by atomic mass is 32.2. The molecule has 0 amide bonds. The molecule has 0 saturated heterocycles. The summed E-state index contributed by atoms with van der Waals surface area (Å²) in [5.74, 6) is 2.10. The van der Waals surface area contributed by atoms with Crippen LogP contribution in [0.4, 0.5) is 0 Å². The summed E-state index contributed by atoms with van der Waals surface area (Å²) in [6.07, 6.45) is 5.70. The lowest BCUT2D eigenvalue weighted by Crippen LogP contribution is -2.41. The summed E-state index contributed by atoms with van der Waals surface area (Å²) in [4.78, 5) is 1.53. The van der Waals surface area contributed by atoms with Crippen LogP contribution in [0.1, 0.15) is 44.1 Å². The first-order valence-electron chi connectivity index (χ1n) is 7.25. The maximum atomic E-state index is 3.58. The number of thioether (sulfide) groups is 1. The van der Waals surface area contributed by atoms with Crippen molar-refractivity contribution in [3.63, 3.8) is 0 Å². The molecule has 1 aromatic carbocycles. The van der Waals surface area contributed by atoms with Crippen LogP contribution in [-0.4, -0.2) is 18.8 Å². The lowest BCUT2D eigenvalue weighted by atomic mass is 9.63. The monoisotopic (exact) mass is 261 g/mol. The van der Waals surface area contributed by atoms with E-state index in [2.05, 4.69) is 48.3 Å². The minimum Gasteiger partial charge on any atom is -0.316 e. The van der Waals surface area contributed by atoms with Gasteiger partial charge in [0.2, 0.25) is 0 Å². The number of nitrogens with one attached hydrogen (secondary N) is 1. The van der Waals surface area contributed by atoms with E-state index in [1.165, 1.54) is 42.9 Å². The summed E-state index contributed by atoms with van der Waals surface area (Å²) in [5.41, 5.74) is 2.23. The van der Waals surface area contributed by atoms with Gasteiger partial charge in [-0.3, -0.25) is 0 Å². The molecule has 1 aromatic rings. The van der Waals surface area contributed by atoms with Crippen LogP contribution in [0.2, 0.25) is 0 Å². The summed E-state index contributed by atoms with van der Waals surface area (Å²) < 4.78 is 0. The van der Waals surface area contributed by atoms with Crippen molar-refractivity contribution in [1.29, 1.82) is 0 Å². The Labute approximate surface area is 115 Å². The van der Waals surface area contributed by atoms with Gasteiger partial charge in [0.05, 0.1) is 0 Å². The van der Waals surface area contributed by atoms with Crippen molar-refractivity contribution in [2.45, 2.75) is 43.4 Å². The first-order valence-corrected chi connectivity index (χ1v) is 8.24. The third-order valence-corrected chi connectivity index (χ3v) is 5.89. The first kappa shape index (κ1) is 12.6. The molecule has 2 heteroatoms. The minimum atomic E-state index is 0.610. The fourth-order valence-corrected chi connectivity index (χ4v) is 4.70. The number of benzene rings is 1. The largest absolute Gasteiger partial charge is 0.316 e. The second-order valence-electron chi connectivity index (χ2n) is 5.88. The lowest BCUT2D eigenvalue weighted by Gasteiger charge is -2.44. The van der Waals surface area contributed by atoms with Crippen molar-refractivity contribution in [1.82, 2.24) is 5.32 Å². The highest BCUT2D eigenvalue weighted by molar-refractivity contribution is 7.99. The van der Waals surface area contributed by atoms with Crippen LogP contribution in [0, 0.1) is 5.41 Å². The van der Waals surface area contributed by atoms with Gasteiger partial charge in [0.1, 0.15) is 0 Å². The Morgan fingerprint density at radius 3 is 2.89 bits per heavy atom. The van der Waals surface area contributed by atoms with Crippen LogP contribution in [0.5, 0.6) is 0 Å². The number of hydrogen-bond acceptors (Lipinski definition) is 2. The van der Waals surface area contributed by atoms with E-state index in [1.807, 2.05) is 0 Å². The maximum absolute atomic E-state index is 3.58. The zero-order valence-corrected chi connectivity index (χ0v) is 12.1. The molecule has 1 atom stereocenters. The molecule has 1 N–H and O–H groups in total. The molecule has 1 unspecified atom stereocenters. The van der Waals surface area contributed by atoms with Crippen LogP contribution >= 0.6 is 11.8 Å². The van der Waals surface area contributed by atoms with Gasteiger partial charge in [0.25, 0.3) is 0 Å². The molecule has 3 rings (SSSR count). The van der Waals surface area contributed by atoms with Gasteiger partial charge < -0.3 is 5.32 Å². The normalized spacial score (nSPS) is 24.6. The van der Waals surface area contributed by atoms with Crippen LogP contribution < -0.4 is 5.32 Å². The fourth-order valence-electron chi connectivity index (χ4n) is 3.44. The van der Waals surface area contributed by atoms with Crippen molar-refractivity contribution in [2.75, 3.05) is 18.8 Å². The van der Waals surface area contributed by atoms with Gasteiger partial charge >= 0.3 is 0 Å². The van der Waals surface area contributed by atoms with Crippen LogP contribution in [-0.2, 0) is 0 Å². The smallest absolute Gasteiger partial charge is 0.0107 e. The lowest BCUT2D eigenvalue weighted by molar-refractivity contribution is 0.109. The van der Waals surface area contributed by atoms with E-state index in [1.54, 1.807) is 5.56 Å². The Morgan fingerprint density at radius 1 is 1.33 bits per heavy atom. The Morgan fingerprint density at radius 2 is 2.17 bits per heavy atom. The van der Waals surface area contributed by atoms with Crippen molar-refractivity contribution < 1.29 is 0 Å². The van der Waals surface area contributed by atoms with Gasteiger partial charge in [0.15, 0.2) is 0 Å². The summed E-state index contributed by atoms with van der Waals surface area (Å²) >= 11 is 2.05. The standard InChI is InChI=1S/C16H23NS/c1-2-17-12-16(8-5-9-16)10-13-11-18-15-7-4-3-6-14(13)15/h3-4,6-7,13,17H,2,5,8-12H2,1H3. The zero-order valence-electron chi connectivity index (χ0n) is 11.2. The summed E-state index contributed by atoms with van der Waals surface area (Å²) in [6, 6.07) is 9.01. The molecule has 18 heavy (non-hydrogen) atoms. The van der Waals surface area contributed by atoms with Gasteiger partial charge in [-0.1, -0.05) is 31.5 Å². The van der Waals surface area contributed by atoms with E-state index in [0.29, 0.717) is 5.41 Å². The van der Waals surface area contributed by atoms with Crippen molar-refractivity contribution in [2.24, 2.45) is 5.41 Å². The van der Waals surface area contributed by atoms with Gasteiger partial charge in [-0.25, -0.2) is 0 Å². The van der Waals surface area contributed by atoms with E-state index in [0.717, 1.165) is 12.5 Å². The topological polar surface area (TPSA) is 12.0 Å². The third-order valence-electron chi connectivity index (χ3n) is 4.64. The molecule has 1 saturated carbocycles. The Kier molecular flexibility index (Phi) is 3.67. The van der Waals surface area contributed by atoms with Gasteiger partial charge in [0, 0.05) is 17.2 Å². The number of rotatable bonds is 5. The average molecular weight is 261 g/mol. The molecule has 1 fully saturated rings. The average Bonchev–Trinajstić information content (AvgIpc) is 2.76. The summed E-state index contributed by atoms with van der Waals surface area (Å²) in [5, 5.41) is 3.58. The second-order valence-corrected chi connectivity index (χ2v) is 6.95. The SMILES string of the molecule is CCNCC1(CC2CSc3ccccc32)CCC1. The molecule has 1 aliphatic carbocycles. The van der Waals surface area contributed by atoms with Crippen molar-refractivity contribution in [3.05, 3.63) is 29.8 Å². The summed E-state index contributed by atoms with van der Waals surface area (Å²) in [6.45, 7) is 4.55. The minimum absolute atomic E-state index is 0.610. The molecule has 98 valence electrons. The highest BCUT2D eigenvalue weighted by Gasteiger charge is 2.40. The number of hydrogen-bond donors (Lipinski definition) is 1. The second kappa shape index (κ2) is 5.26. The van der Waals surface area contributed by atoms with Crippen LogP contribution in [0.3, 0.4) is 0 Å². The summed E-state index contributed by atoms with van der Waals surface area (Å²) in [7, 11) is 0. The molecule has 0 spiro atoms. The molecule has 0 radical (unpaired) electrons. The molecule has 1 heterocycles. The Hall–Kier alpha value is -0.470. The quantitative estimate of drug-likeness (QED) is 0.858. The van der Waals surface area contributed by atoms with E-state index in [4.69, 9.17) is 0 Å². The first-order chi connectivity index (χ1) is 8.83. The molecule has 1 nitrogen and oxygen atoms in total. The van der Waals surface area contributed by atoms with Crippen LogP contribution in [0.25, 0.3) is 0 Å². The van der Waals surface area contributed by atoms with E-state index in [-0.39, 0.29) is 0 Å². The third kappa shape index (κ3) is 2.33. The Balaban J connectivity index is 1.69. The highest BCUT2D eigenvalue weighted by Crippen LogP contribution is 2.51. The van der Waals surface area contributed by atoms with E-state index >= 15 is 0 Å². The molecule has 2 aliphatic rings. The van der Waals surface area contributed by atoms with E-state index in [9.17, 15) is 0 Å². The molecule has 1 aliphatic heterocycles. The zero-order chi connectivity index (χ0) is 12.4. The fraction of sp³-hybridized carbons (Fsp3) is 0.625. The Bertz CT molecular complexity index is 411. The number of fused-ring (bicyclic) bond motifs is 1. The van der Waals surface area contributed by atoms with Crippen molar-refractivity contribution in [3.8, 4) is 0 Å². The van der Waals surface area contributed by atoms with E-state index < -0.39 is 0 Å². The molecular formula is C16H23NS. The predicted molar refractivity (Wildman–Crippen MR) is 79.4 cm³/mol. The van der Waals surface area contributed by atoms with Crippen LogP contribution in [0.15, 0.2) is 29.2 Å². The van der Waals surface area contributed by atoms with Gasteiger partial charge in [-0.05, 0) is 48.8 Å². The molecule has 0 bridgehead atoms. The molecular weight excluding hydrogens is 238 g/mol.